The van der Waals surface area contributed by atoms with Gasteiger partial charge in [0.2, 0.25) is 0 Å². The largest absolute Gasteiger partial charge is 0.469 e. The van der Waals surface area contributed by atoms with Crippen LogP contribution in [0, 0.1) is 0 Å². The van der Waals surface area contributed by atoms with Crippen LogP contribution in [0.25, 0.3) is 0 Å². The minimum atomic E-state index is -4.31. The topological polar surface area (TPSA) is 58.8 Å². The summed E-state index contributed by atoms with van der Waals surface area (Å²) in [5.74, 6) is 2.58. The number of hydrogen-bond acceptors (Lipinski definition) is 4. The average Bonchev–Trinajstić information content (AvgIpc) is 3.19. The molecule has 1 aromatic carbocycles. The van der Waals surface area contributed by atoms with Gasteiger partial charge in [0.1, 0.15) is 12.4 Å². The van der Waals surface area contributed by atoms with Gasteiger partial charge in [0.05, 0.1) is 19.4 Å². The highest BCUT2D eigenvalue weighted by Crippen LogP contribution is 2.16. The lowest BCUT2D eigenvalue weighted by Gasteiger charge is -2.12. The molecule has 2 aromatic rings. The zero-order valence-corrected chi connectivity index (χ0v) is 19.9. The molecule has 0 aliphatic rings. The summed E-state index contributed by atoms with van der Waals surface area (Å²) >= 11 is 1.75. The number of halogens is 4. The highest BCUT2D eigenvalue weighted by molar-refractivity contribution is 14.0. The normalized spacial score (nSPS) is 11.8. The molecule has 0 saturated heterocycles. The molecular weight excluding hydrogens is 530 g/mol. The van der Waals surface area contributed by atoms with Crippen LogP contribution in [0.2, 0.25) is 0 Å². The Labute approximate surface area is 196 Å². The van der Waals surface area contributed by atoms with E-state index in [1.54, 1.807) is 30.2 Å². The molecule has 0 aliphatic heterocycles. The number of benzene rings is 1. The Morgan fingerprint density at radius 3 is 2.43 bits per heavy atom. The number of ether oxygens (including phenoxy) is 1. The molecule has 0 spiro atoms. The molecule has 168 valence electrons. The van der Waals surface area contributed by atoms with E-state index in [1.807, 2.05) is 30.5 Å². The number of furan rings is 1. The third kappa shape index (κ3) is 11.7. The summed E-state index contributed by atoms with van der Waals surface area (Å²) < 4.78 is 46.4. The van der Waals surface area contributed by atoms with Crippen LogP contribution in [0.15, 0.2) is 52.1 Å². The molecule has 0 aliphatic carbocycles. The Bertz CT molecular complexity index is 726. The lowest BCUT2D eigenvalue weighted by Crippen LogP contribution is -2.39. The number of aliphatic imine (C=N–C) groups is 1. The monoisotopic (exact) mass is 557 g/mol. The Balaban J connectivity index is 0.00000450. The lowest BCUT2D eigenvalue weighted by atomic mass is 10.1. The van der Waals surface area contributed by atoms with E-state index in [0.717, 1.165) is 30.0 Å². The number of thioether (sulfide) groups is 1. The summed E-state index contributed by atoms with van der Waals surface area (Å²) in [7, 11) is 0. The average molecular weight is 557 g/mol. The van der Waals surface area contributed by atoms with Gasteiger partial charge < -0.3 is 19.8 Å². The molecule has 0 radical (unpaired) electrons. The third-order valence-electron chi connectivity index (χ3n) is 3.82. The first-order valence-electron chi connectivity index (χ1n) is 9.22. The summed E-state index contributed by atoms with van der Waals surface area (Å²) in [4.78, 5) is 4.58. The molecule has 5 nitrogen and oxygen atoms in total. The van der Waals surface area contributed by atoms with Crippen molar-refractivity contribution in [2.24, 2.45) is 4.99 Å². The Hall–Kier alpha value is -1.40. The van der Waals surface area contributed by atoms with Gasteiger partial charge in [-0.05, 0) is 29.5 Å². The molecule has 10 heteroatoms. The maximum absolute atomic E-state index is 12.1. The van der Waals surface area contributed by atoms with Crippen molar-refractivity contribution in [2.75, 3.05) is 31.7 Å². The van der Waals surface area contributed by atoms with E-state index in [0.29, 0.717) is 24.6 Å². The van der Waals surface area contributed by atoms with E-state index < -0.39 is 12.8 Å². The van der Waals surface area contributed by atoms with Gasteiger partial charge in [-0.2, -0.15) is 24.9 Å². The molecule has 0 bridgehead atoms. The molecule has 0 unspecified atom stereocenters. The number of nitrogens with zero attached hydrogens (tertiary/aromatic N) is 1. The van der Waals surface area contributed by atoms with Crippen LogP contribution in [-0.2, 0) is 24.3 Å². The maximum Gasteiger partial charge on any atom is 0.411 e. The molecule has 0 atom stereocenters. The number of rotatable bonds is 11. The number of guanidine groups is 1. The Morgan fingerprint density at radius 1 is 1.10 bits per heavy atom. The Morgan fingerprint density at radius 2 is 1.80 bits per heavy atom. The van der Waals surface area contributed by atoms with Crippen molar-refractivity contribution in [3.05, 3.63) is 59.5 Å². The minimum Gasteiger partial charge on any atom is -0.469 e. The quantitative estimate of drug-likeness (QED) is 0.183. The van der Waals surface area contributed by atoms with Crippen LogP contribution >= 0.6 is 35.7 Å². The van der Waals surface area contributed by atoms with E-state index in [-0.39, 0.29) is 30.6 Å². The zero-order valence-electron chi connectivity index (χ0n) is 16.7. The van der Waals surface area contributed by atoms with Gasteiger partial charge in [0, 0.05) is 25.3 Å². The molecule has 0 fully saturated rings. The lowest BCUT2D eigenvalue weighted by molar-refractivity contribution is -0.176. The van der Waals surface area contributed by atoms with E-state index in [1.165, 1.54) is 0 Å². The predicted octanol–water partition coefficient (Wildman–Crippen LogP) is 4.62. The summed E-state index contributed by atoms with van der Waals surface area (Å²) in [6, 6.07) is 11.0. The summed E-state index contributed by atoms with van der Waals surface area (Å²) in [6.07, 6.45) is 0.142. The second kappa shape index (κ2) is 14.6. The smallest absolute Gasteiger partial charge is 0.411 e. The van der Waals surface area contributed by atoms with Gasteiger partial charge in [-0.25, -0.2) is 4.99 Å². The number of hydrogen-bond donors (Lipinski definition) is 2. The van der Waals surface area contributed by atoms with Crippen LogP contribution in [-0.4, -0.2) is 43.8 Å². The van der Waals surface area contributed by atoms with Gasteiger partial charge in [0.15, 0.2) is 5.96 Å². The van der Waals surface area contributed by atoms with Crippen molar-refractivity contribution in [3.63, 3.8) is 0 Å². The first kappa shape index (κ1) is 26.6. The second-order valence-electron chi connectivity index (χ2n) is 6.27. The molecule has 0 saturated carbocycles. The zero-order chi connectivity index (χ0) is 21.0. The first-order valence-corrected chi connectivity index (χ1v) is 10.6. The van der Waals surface area contributed by atoms with Crippen molar-refractivity contribution in [1.82, 2.24) is 10.6 Å². The number of alkyl halides is 3. The fourth-order valence-corrected chi connectivity index (χ4v) is 2.71. The van der Waals surface area contributed by atoms with Crippen molar-refractivity contribution >= 4 is 41.7 Å². The van der Waals surface area contributed by atoms with Gasteiger partial charge in [0.25, 0.3) is 0 Å². The van der Waals surface area contributed by atoms with Gasteiger partial charge >= 0.3 is 6.18 Å². The fourth-order valence-electron chi connectivity index (χ4n) is 2.40. The van der Waals surface area contributed by atoms with Crippen LogP contribution in [0.1, 0.15) is 16.9 Å². The number of nitrogens with one attached hydrogen (secondary N) is 2. The third-order valence-corrected chi connectivity index (χ3v) is 4.43. The Kier molecular flexibility index (Phi) is 12.9. The van der Waals surface area contributed by atoms with E-state index >= 15 is 0 Å². The van der Waals surface area contributed by atoms with Crippen LogP contribution in [0.4, 0.5) is 13.2 Å². The van der Waals surface area contributed by atoms with Crippen LogP contribution in [0.3, 0.4) is 0 Å². The van der Waals surface area contributed by atoms with Gasteiger partial charge in [-0.15, -0.1) is 24.0 Å². The van der Waals surface area contributed by atoms with Crippen LogP contribution < -0.4 is 10.6 Å². The second-order valence-corrected chi connectivity index (χ2v) is 7.25. The minimum absolute atomic E-state index is 0. The SMILES string of the molecule is CSCCNC(=NCc1ccc(COCC(F)(F)F)cc1)NCCc1ccco1.I. The van der Waals surface area contributed by atoms with Crippen LogP contribution in [0.5, 0.6) is 0 Å². The molecule has 30 heavy (non-hydrogen) atoms. The summed E-state index contributed by atoms with van der Waals surface area (Å²) in [6.45, 7) is 0.628. The van der Waals surface area contributed by atoms with Gasteiger partial charge in [-0.3, -0.25) is 0 Å². The summed E-state index contributed by atoms with van der Waals surface area (Å²) in [5.41, 5.74) is 1.65. The van der Waals surface area contributed by atoms with Crippen molar-refractivity contribution in [1.29, 1.82) is 0 Å². The maximum atomic E-state index is 12.1. The highest BCUT2D eigenvalue weighted by atomic mass is 127. The molecule has 2 N–H and O–H groups in total. The molecule has 1 aromatic heterocycles. The molecule has 2 rings (SSSR count). The van der Waals surface area contributed by atoms with Crippen molar-refractivity contribution in [3.8, 4) is 0 Å². The first-order chi connectivity index (χ1) is 14.0. The molecule has 1 heterocycles. The highest BCUT2D eigenvalue weighted by Gasteiger charge is 2.27. The van der Waals surface area contributed by atoms with E-state index in [9.17, 15) is 13.2 Å². The van der Waals surface area contributed by atoms with Crippen molar-refractivity contribution in [2.45, 2.75) is 25.7 Å². The molecule has 0 amide bonds. The summed E-state index contributed by atoms with van der Waals surface area (Å²) in [5, 5.41) is 6.57. The van der Waals surface area contributed by atoms with E-state index in [2.05, 4.69) is 20.4 Å². The standard InChI is InChI=1S/C20H26F3N3O2S.HI/c1-29-12-10-25-19(24-9-8-18-3-2-11-28-18)26-13-16-4-6-17(7-5-16)14-27-15-20(21,22)23;/h2-7,11H,8-10,12-15H2,1H3,(H2,24,25,26);1H. The van der Waals surface area contributed by atoms with Gasteiger partial charge in [-0.1, -0.05) is 24.3 Å². The van der Waals surface area contributed by atoms with Crippen molar-refractivity contribution < 1.29 is 22.3 Å². The molecular formula is C20H27F3IN3O2S. The van der Waals surface area contributed by atoms with E-state index in [4.69, 9.17) is 4.42 Å². The predicted molar refractivity (Wildman–Crippen MR) is 126 cm³/mol. The fraction of sp³-hybridized carbons (Fsp3) is 0.450.